The van der Waals surface area contributed by atoms with Crippen molar-refractivity contribution < 1.29 is 14.4 Å². The molecule has 1 N–H and O–H groups in total. The van der Waals surface area contributed by atoms with Gasteiger partial charge in [0.25, 0.3) is 0 Å². The number of nitrogens with zero attached hydrogens (tertiary/aromatic N) is 2. The van der Waals surface area contributed by atoms with Crippen LogP contribution >= 0.6 is 11.3 Å². The van der Waals surface area contributed by atoms with Gasteiger partial charge in [-0.3, -0.25) is 19.8 Å². The molecule has 1 aromatic rings. The van der Waals surface area contributed by atoms with Gasteiger partial charge in [-0.1, -0.05) is 13.8 Å². The predicted molar refractivity (Wildman–Crippen MR) is 74.1 cm³/mol. The van der Waals surface area contributed by atoms with E-state index in [4.69, 9.17) is 0 Å². The molecule has 0 radical (unpaired) electrons. The van der Waals surface area contributed by atoms with Crippen LogP contribution in [0.25, 0.3) is 0 Å². The molecule has 2 heterocycles. The third kappa shape index (κ3) is 2.87. The molecule has 0 aliphatic carbocycles. The minimum Gasteiger partial charge on any atom is -0.277 e. The zero-order chi connectivity index (χ0) is 14.9. The van der Waals surface area contributed by atoms with E-state index < -0.39 is 23.8 Å². The molecule has 4 amide bonds. The molecule has 1 unspecified atom stereocenters. The fraction of sp³-hybridized carbons (Fsp3) is 0.538. The first kappa shape index (κ1) is 14.6. The summed E-state index contributed by atoms with van der Waals surface area (Å²) in [6.07, 6.45) is 0.511. The van der Waals surface area contributed by atoms with Crippen LogP contribution in [-0.4, -0.2) is 34.3 Å². The van der Waals surface area contributed by atoms with Gasteiger partial charge in [0.2, 0.25) is 11.8 Å². The monoisotopic (exact) mass is 295 g/mol. The highest BCUT2D eigenvalue weighted by Gasteiger charge is 2.41. The minimum absolute atomic E-state index is 0.139. The highest BCUT2D eigenvalue weighted by atomic mass is 32.1. The molecule has 1 aliphatic rings. The van der Waals surface area contributed by atoms with Gasteiger partial charge in [0, 0.05) is 24.0 Å². The van der Waals surface area contributed by atoms with E-state index in [1.807, 2.05) is 12.3 Å². The molecule has 0 aromatic carbocycles. The van der Waals surface area contributed by atoms with Crippen LogP contribution in [0, 0.1) is 18.8 Å². The predicted octanol–water partition coefficient (Wildman–Crippen LogP) is 1.34. The summed E-state index contributed by atoms with van der Waals surface area (Å²) >= 11 is 1.50. The maximum absolute atomic E-state index is 12.2. The van der Waals surface area contributed by atoms with Gasteiger partial charge in [0.15, 0.2) is 0 Å². The first-order chi connectivity index (χ1) is 9.40. The SMILES string of the molecule is Cc1csc(CCN2C(=O)NC(=O)C(C(C)C)C2=O)n1. The van der Waals surface area contributed by atoms with Crippen LogP contribution in [0.15, 0.2) is 5.38 Å². The Morgan fingerprint density at radius 3 is 2.65 bits per heavy atom. The van der Waals surface area contributed by atoms with E-state index in [9.17, 15) is 14.4 Å². The number of nitrogens with one attached hydrogen (secondary N) is 1. The van der Waals surface area contributed by atoms with Crippen LogP contribution in [0.5, 0.6) is 0 Å². The summed E-state index contributed by atoms with van der Waals surface area (Å²) in [7, 11) is 0. The Kier molecular flexibility index (Phi) is 4.17. The molecule has 1 aromatic heterocycles. The van der Waals surface area contributed by atoms with Crippen LogP contribution in [0.1, 0.15) is 24.5 Å². The van der Waals surface area contributed by atoms with Crippen LogP contribution in [-0.2, 0) is 16.0 Å². The fourth-order valence-corrected chi connectivity index (χ4v) is 2.92. The van der Waals surface area contributed by atoms with Crippen LogP contribution < -0.4 is 5.32 Å². The van der Waals surface area contributed by atoms with E-state index in [0.29, 0.717) is 6.42 Å². The Morgan fingerprint density at radius 1 is 1.40 bits per heavy atom. The number of urea groups is 1. The molecular weight excluding hydrogens is 278 g/mol. The quantitative estimate of drug-likeness (QED) is 0.850. The number of carbonyl (C=O) groups excluding carboxylic acids is 3. The number of aryl methyl sites for hydroxylation is 1. The van der Waals surface area contributed by atoms with Crippen molar-refractivity contribution in [2.45, 2.75) is 27.2 Å². The number of imide groups is 2. The van der Waals surface area contributed by atoms with Crippen molar-refractivity contribution in [2.24, 2.45) is 11.8 Å². The van der Waals surface area contributed by atoms with Gasteiger partial charge in [0.05, 0.1) is 5.01 Å². The maximum Gasteiger partial charge on any atom is 0.330 e. The Morgan fingerprint density at radius 2 is 2.10 bits per heavy atom. The molecule has 1 aliphatic heterocycles. The van der Waals surface area contributed by atoms with Crippen molar-refractivity contribution in [1.29, 1.82) is 0 Å². The van der Waals surface area contributed by atoms with Crippen LogP contribution in [0.2, 0.25) is 0 Å². The number of thiazole rings is 1. The van der Waals surface area contributed by atoms with E-state index in [0.717, 1.165) is 15.6 Å². The van der Waals surface area contributed by atoms with Crippen molar-refractivity contribution >= 4 is 29.2 Å². The van der Waals surface area contributed by atoms with E-state index in [2.05, 4.69) is 10.3 Å². The van der Waals surface area contributed by atoms with E-state index in [1.165, 1.54) is 11.3 Å². The molecule has 108 valence electrons. The number of aromatic nitrogens is 1. The molecule has 20 heavy (non-hydrogen) atoms. The lowest BCUT2D eigenvalue weighted by molar-refractivity contribution is -0.144. The third-order valence-corrected chi connectivity index (χ3v) is 4.20. The Balaban J connectivity index is 2.07. The second kappa shape index (κ2) is 5.70. The molecule has 6 nitrogen and oxygen atoms in total. The number of carbonyl (C=O) groups is 3. The number of hydrogen-bond donors (Lipinski definition) is 1. The van der Waals surface area contributed by atoms with E-state index >= 15 is 0 Å². The summed E-state index contributed by atoms with van der Waals surface area (Å²) in [4.78, 5) is 41.1. The molecule has 1 fully saturated rings. The Bertz CT molecular complexity index is 553. The molecule has 1 saturated heterocycles. The van der Waals surface area contributed by atoms with Crippen molar-refractivity contribution in [3.8, 4) is 0 Å². The van der Waals surface area contributed by atoms with E-state index in [1.54, 1.807) is 13.8 Å². The maximum atomic E-state index is 12.2. The average molecular weight is 295 g/mol. The zero-order valence-electron chi connectivity index (χ0n) is 11.7. The number of barbiturate groups is 1. The van der Waals surface area contributed by atoms with Crippen molar-refractivity contribution in [2.75, 3.05) is 6.54 Å². The Labute approximate surface area is 121 Å². The lowest BCUT2D eigenvalue weighted by Gasteiger charge is -2.31. The minimum atomic E-state index is -0.786. The third-order valence-electron chi connectivity index (χ3n) is 3.17. The summed E-state index contributed by atoms with van der Waals surface area (Å²) in [6.45, 7) is 5.72. The van der Waals surface area contributed by atoms with Gasteiger partial charge in [-0.05, 0) is 12.8 Å². The summed E-state index contributed by atoms with van der Waals surface area (Å²) < 4.78 is 0. The first-order valence-corrected chi connectivity index (χ1v) is 7.35. The van der Waals surface area contributed by atoms with Gasteiger partial charge < -0.3 is 0 Å². The highest BCUT2D eigenvalue weighted by molar-refractivity contribution is 7.09. The second-order valence-electron chi connectivity index (χ2n) is 5.14. The molecule has 2 rings (SSSR count). The van der Waals surface area contributed by atoms with Crippen molar-refractivity contribution in [3.05, 3.63) is 16.1 Å². The van der Waals surface area contributed by atoms with Crippen LogP contribution in [0.3, 0.4) is 0 Å². The normalized spacial score (nSPS) is 19.7. The summed E-state index contributed by atoms with van der Waals surface area (Å²) in [6, 6.07) is -0.634. The van der Waals surface area contributed by atoms with Gasteiger partial charge in [0.1, 0.15) is 5.92 Å². The lowest BCUT2D eigenvalue weighted by atomic mass is 9.92. The molecule has 0 bridgehead atoms. The summed E-state index contributed by atoms with van der Waals surface area (Å²) in [5, 5.41) is 5.04. The largest absolute Gasteiger partial charge is 0.330 e. The zero-order valence-corrected chi connectivity index (χ0v) is 12.5. The molecule has 0 spiro atoms. The molecule has 0 saturated carbocycles. The summed E-state index contributed by atoms with van der Waals surface area (Å²) in [5.41, 5.74) is 0.926. The topological polar surface area (TPSA) is 79.4 Å². The smallest absolute Gasteiger partial charge is 0.277 e. The van der Waals surface area contributed by atoms with Gasteiger partial charge in [-0.2, -0.15) is 0 Å². The number of hydrogen-bond acceptors (Lipinski definition) is 5. The number of amides is 4. The van der Waals surface area contributed by atoms with Crippen molar-refractivity contribution in [1.82, 2.24) is 15.2 Å². The summed E-state index contributed by atoms with van der Waals surface area (Å²) in [5.74, 6) is -1.84. The highest BCUT2D eigenvalue weighted by Crippen LogP contribution is 2.19. The lowest BCUT2D eigenvalue weighted by Crippen LogP contribution is -2.59. The van der Waals surface area contributed by atoms with Gasteiger partial charge in [-0.15, -0.1) is 11.3 Å². The molecule has 7 heteroatoms. The average Bonchev–Trinajstić information content (AvgIpc) is 2.73. The number of rotatable bonds is 4. The second-order valence-corrected chi connectivity index (χ2v) is 6.08. The molecular formula is C13H17N3O3S. The van der Waals surface area contributed by atoms with Crippen molar-refractivity contribution in [3.63, 3.8) is 0 Å². The Hall–Kier alpha value is -1.76. The first-order valence-electron chi connectivity index (χ1n) is 6.47. The molecule has 1 atom stereocenters. The van der Waals surface area contributed by atoms with Crippen LogP contribution in [0.4, 0.5) is 4.79 Å². The van der Waals surface area contributed by atoms with Gasteiger partial charge in [-0.25, -0.2) is 9.78 Å². The van der Waals surface area contributed by atoms with Gasteiger partial charge >= 0.3 is 6.03 Å². The fourth-order valence-electron chi connectivity index (χ4n) is 2.16. The standard InChI is InChI=1S/C13H17N3O3S/c1-7(2)10-11(17)15-13(19)16(12(10)18)5-4-9-14-8(3)6-20-9/h6-7,10H,4-5H2,1-3H3,(H,15,17,19). The van der Waals surface area contributed by atoms with E-state index in [-0.39, 0.29) is 12.5 Å².